The molecule has 0 aliphatic rings. The number of aliphatic hydroxyl groups is 1. The lowest BCUT2D eigenvalue weighted by atomic mass is 10.2. The van der Waals surface area contributed by atoms with Crippen molar-refractivity contribution in [1.29, 1.82) is 0 Å². The second kappa shape index (κ2) is 7.71. The summed E-state index contributed by atoms with van der Waals surface area (Å²) in [5, 5.41) is 11.5. The van der Waals surface area contributed by atoms with Crippen LogP contribution in [0.1, 0.15) is 31.0 Å². The fourth-order valence-electron chi connectivity index (χ4n) is 1.63. The minimum absolute atomic E-state index is 0.0499. The average Bonchev–Trinajstić information content (AvgIpc) is 2.76. The first-order valence-electron chi connectivity index (χ1n) is 5.98. The Bertz CT molecular complexity index is 382. The maximum Gasteiger partial charge on any atom is 0.229 e. The molecule has 0 saturated carbocycles. The van der Waals surface area contributed by atoms with Gasteiger partial charge in [-0.25, -0.2) is 4.98 Å². The van der Waals surface area contributed by atoms with Crippen LogP contribution >= 0.6 is 22.9 Å². The molecule has 1 aromatic rings. The van der Waals surface area contributed by atoms with Gasteiger partial charge in [0.25, 0.3) is 0 Å². The maximum atomic E-state index is 12.1. The smallest absolute Gasteiger partial charge is 0.229 e. The highest BCUT2D eigenvalue weighted by Gasteiger charge is 2.18. The minimum atomic E-state index is 0.0499. The Morgan fingerprint density at radius 2 is 2.33 bits per heavy atom. The lowest BCUT2D eigenvalue weighted by molar-refractivity contribution is -0.132. The van der Waals surface area contributed by atoms with Crippen molar-refractivity contribution in [1.82, 2.24) is 9.88 Å². The zero-order valence-electron chi connectivity index (χ0n) is 10.7. The second-order valence-corrected chi connectivity index (χ2v) is 5.51. The van der Waals surface area contributed by atoms with Crippen LogP contribution in [0.4, 0.5) is 0 Å². The van der Waals surface area contributed by atoms with E-state index in [0.29, 0.717) is 25.3 Å². The zero-order chi connectivity index (χ0) is 13.5. The first kappa shape index (κ1) is 15.4. The van der Waals surface area contributed by atoms with Gasteiger partial charge in [-0.15, -0.1) is 22.9 Å². The van der Waals surface area contributed by atoms with Gasteiger partial charge in [0, 0.05) is 24.6 Å². The molecular weight excluding hydrogens is 272 g/mol. The van der Waals surface area contributed by atoms with Gasteiger partial charge in [-0.05, 0) is 20.3 Å². The number of alkyl halides is 1. The summed E-state index contributed by atoms with van der Waals surface area (Å²) in [6, 6.07) is 0.136. The van der Waals surface area contributed by atoms with E-state index in [4.69, 9.17) is 16.7 Å². The molecule has 4 nitrogen and oxygen atoms in total. The number of aromatic nitrogens is 1. The van der Waals surface area contributed by atoms with E-state index in [1.807, 2.05) is 19.2 Å². The fourth-order valence-corrected chi connectivity index (χ4v) is 2.65. The molecule has 0 bridgehead atoms. The first-order valence-corrected chi connectivity index (χ1v) is 7.39. The van der Waals surface area contributed by atoms with E-state index in [1.54, 1.807) is 4.90 Å². The highest BCUT2D eigenvalue weighted by molar-refractivity contribution is 7.09. The summed E-state index contributed by atoms with van der Waals surface area (Å²) in [5.74, 6) is 0.428. The lowest BCUT2D eigenvalue weighted by Crippen LogP contribution is -2.39. The Balaban J connectivity index is 2.60. The van der Waals surface area contributed by atoms with Crippen LogP contribution in [-0.4, -0.2) is 40.1 Å². The molecule has 0 spiro atoms. The number of rotatable bonds is 7. The number of thiazole rings is 1. The predicted octanol–water partition coefficient (Wildman–Crippen LogP) is 2.04. The topological polar surface area (TPSA) is 53.4 Å². The largest absolute Gasteiger partial charge is 0.396 e. The van der Waals surface area contributed by atoms with Gasteiger partial charge in [0.15, 0.2) is 0 Å². The van der Waals surface area contributed by atoms with E-state index < -0.39 is 0 Å². The molecule has 102 valence electrons. The van der Waals surface area contributed by atoms with E-state index in [1.165, 1.54) is 11.3 Å². The predicted molar refractivity (Wildman–Crippen MR) is 73.9 cm³/mol. The summed E-state index contributed by atoms with van der Waals surface area (Å²) in [5.41, 5.74) is 0.816. The summed E-state index contributed by atoms with van der Waals surface area (Å²) in [7, 11) is 0. The van der Waals surface area contributed by atoms with Crippen molar-refractivity contribution < 1.29 is 9.90 Å². The van der Waals surface area contributed by atoms with Gasteiger partial charge < -0.3 is 10.0 Å². The molecular formula is C12H19ClN2O2S. The number of nitrogens with zero attached hydrogens (tertiary/aromatic N) is 2. The van der Waals surface area contributed by atoms with Crippen LogP contribution in [0.25, 0.3) is 0 Å². The van der Waals surface area contributed by atoms with E-state index >= 15 is 0 Å². The van der Waals surface area contributed by atoms with Gasteiger partial charge in [0.05, 0.1) is 18.0 Å². The second-order valence-electron chi connectivity index (χ2n) is 4.30. The third-order valence-electron chi connectivity index (χ3n) is 2.54. The first-order chi connectivity index (χ1) is 8.58. The van der Waals surface area contributed by atoms with Crippen molar-refractivity contribution in [3.05, 3.63) is 16.1 Å². The van der Waals surface area contributed by atoms with E-state index in [-0.39, 0.29) is 18.6 Å². The summed E-state index contributed by atoms with van der Waals surface area (Å²) < 4.78 is 0. The molecule has 1 rings (SSSR count). The molecule has 1 heterocycles. The van der Waals surface area contributed by atoms with E-state index in [0.717, 1.165) is 10.7 Å². The van der Waals surface area contributed by atoms with Crippen LogP contribution in [0, 0.1) is 0 Å². The lowest BCUT2D eigenvalue weighted by Gasteiger charge is -2.26. The molecule has 6 heteroatoms. The molecule has 0 aliphatic carbocycles. The highest BCUT2D eigenvalue weighted by atomic mass is 35.5. The Morgan fingerprint density at radius 3 is 2.83 bits per heavy atom. The molecule has 0 fully saturated rings. The van der Waals surface area contributed by atoms with Crippen LogP contribution in [-0.2, 0) is 17.1 Å². The van der Waals surface area contributed by atoms with Gasteiger partial charge in [-0.2, -0.15) is 0 Å². The van der Waals surface area contributed by atoms with Gasteiger partial charge >= 0.3 is 0 Å². The number of halogens is 1. The number of carbonyl (C=O) groups is 1. The van der Waals surface area contributed by atoms with Crippen molar-refractivity contribution in [3.8, 4) is 0 Å². The molecule has 0 aromatic carbocycles. The van der Waals surface area contributed by atoms with Gasteiger partial charge in [0.2, 0.25) is 5.91 Å². The van der Waals surface area contributed by atoms with Gasteiger partial charge in [-0.3, -0.25) is 4.79 Å². The summed E-state index contributed by atoms with van der Waals surface area (Å²) in [6.07, 6.45) is 0.917. The molecule has 1 aromatic heterocycles. The van der Waals surface area contributed by atoms with Crippen LogP contribution in [0.2, 0.25) is 0 Å². The SMILES string of the molecule is CC(C)N(CCCO)C(=O)Cc1nc(CCl)cs1. The van der Waals surface area contributed by atoms with Crippen molar-refractivity contribution in [2.75, 3.05) is 13.2 Å². The summed E-state index contributed by atoms with van der Waals surface area (Å²) >= 11 is 7.14. The van der Waals surface area contributed by atoms with Crippen LogP contribution in [0.15, 0.2) is 5.38 Å². The Labute approximate surface area is 117 Å². The third-order valence-corrected chi connectivity index (χ3v) is 3.71. The van der Waals surface area contributed by atoms with Crippen molar-refractivity contribution in [2.45, 2.75) is 38.6 Å². The van der Waals surface area contributed by atoms with Crippen LogP contribution < -0.4 is 0 Å². The molecule has 1 N–H and O–H groups in total. The molecule has 1 amide bonds. The highest BCUT2D eigenvalue weighted by Crippen LogP contribution is 2.14. The molecule has 0 unspecified atom stereocenters. The Kier molecular flexibility index (Phi) is 6.60. The summed E-state index contributed by atoms with van der Waals surface area (Å²) in [6.45, 7) is 4.63. The maximum absolute atomic E-state index is 12.1. The van der Waals surface area contributed by atoms with Gasteiger partial charge in [-0.1, -0.05) is 0 Å². The molecule has 0 radical (unpaired) electrons. The normalized spacial score (nSPS) is 10.9. The van der Waals surface area contributed by atoms with Crippen LogP contribution in [0.3, 0.4) is 0 Å². The molecule has 18 heavy (non-hydrogen) atoms. The number of aliphatic hydroxyl groups excluding tert-OH is 1. The summed E-state index contributed by atoms with van der Waals surface area (Å²) in [4.78, 5) is 18.2. The third kappa shape index (κ3) is 4.55. The monoisotopic (exact) mass is 290 g/mol. The molecule has 0 aliphatic heterocycles. The standard InChI is InChI=1S/C12H19ClN2O2S/c1-9(2)15(4-3-5-16)12(17)6-11-14-10(7-13)8-18-11/h8-9,16H,3-7H2,1-2H3. The Hall–Kier alpha value is -0.650. The quantitative estimate of drug-likeness (QED) is 0.782. The van der Waals surface area contributed by atoms with Crippen molar-refractivity contribution >= 4 is 28.8 Å². The zero-order valence-corrected chi connectivity index (χ0v) is 12.3. The van der Waals surface area contributed by atoms with E-state index in [9.17, 15) is 4.79 Å². The van der Waals surface area contributed by atoms with Crippen LogP contribution in [0.5, 0.6) is 0 Å². The Morgan fingerprint density at radius 1 is 1.61 bits per heavy atom. The molecule has 0 saturated heterocycles. The number of hydrogen-bond donors (Lipinski definition) is 1. The fraction of sp³-hybridized carbons (Fsp3) is 0.667. The van der Waals surface area contributed by atoms with E-state index in [2.05, 4.69) is 4.98 Å². The minimum Gasteiger partial charge on any atom is -0.396 e. The van der Waals surface area contributed by atoms with Crippen molar-refractivity contribution in [2.24, 2.45) is 0 Å². The number of carbonyl (C=O) groups excluding carboxylic acids is 1. The molecule has 0 atom stereocenters. The number of amides is 1. The van der Waals surface area contributed by atoms with Crippen molar-refractivity contribution in [3.63, 3.8) is 0 Å². The van der Waals surface area contributed by atoms with Gasteiger partial charge in [0.1, 0.15) is 5.01 Å². The number of hydrogen-bond acceptors (Lipinski definition) is 4. The average molecular weight is 291 g/mol.